The van der Waals surface area contributed by atoms with Gasteiger partial charge in [-0.3, -0.25) is 9.59 Å². The van der Waals surface area contributed by atoms with E-state index in [0.717, 1.165) is 0 Å². The zero-order valence-electron chi connectivity index (χ0n) is 8.52. The van der Waals surface area contributed by atoms with Crippen molar-refractivity contribution in [2.24, 2.45) is 0 Å². The van der Waals surface area contributed by atoms with Crippen LogP contribution in [-0.2, 0) is 6.54 Å². The van der Waals surface area contributed by atoms with Gasteiger partial charge < -0.3 is 4.90 Å². The number of carbonyl (C=O) groups is 1. The van der Waals surface area contributed by atoms with Crippen LogP contribution in [0.1, 0.15) is 17.4 Å². The molecule has 0 aliphatic carbocycles. The fraction of sp³-hybridized carbons (Fsp3) is 0.444. The molecule has 1 aromatic rings. The zero-order chi connectivity index (χ0) is 10.7. The number of hydrogen-bond donors (Lipinski definition) is 0. The van der Waals surface area contributed by atoms with Gasteiger partial charge in [-0.05, 0) is 13.0 Å². The van der Waals surface area contributed by atoms with E-state index in [1.54, 1.807) is 21.0 Å². The van der Waals surface area contributed by atoms with Crippen LogP contribution in [0.5, 0.6) is 0 Å². The number of amides is 1. The lowest BCUT2D eigenvalue weighted by Gasteiger charge is -2.09. The fourth-order valence-corrected chi connectivity index (χ4v) is 1.02. The van der Waals surface area contributed by atoms with Crippen LogP contribution in [0, 0.1) is 0 Å². The molecular weight excluding hydrogens is 182 g/mol. The summed E-state index contributed by atoms with van der Waals surface area (Å²) < 4.78 is 1.26. The minimum Gasteiger partial charge on any atom is -0.343 e. The molecule has 0 spiro atoms. The molecule has 0 bridgehead atoms. The summed E-state index contributed by atoms with van der Waals surface area (Å²) in [5.41, 5.74) is 0.0965. The van der Waals surface area contributed by atoms with Crippen LogP contribution in [0.2, 0.25) is 0 Å². The van der Waals surface area contributed by atoms with Crippen molar-refractivity contribution in [2.45, 2.75) is 13.5 Å². The van der Waals surface area contributed by atoms with Crippen molar-refractivity contribution in [3.05, 3.63) is 28.2 Å². The molecule has 0 fully saturated rings. The monoisotopic (exact) mass is 195 g/mol. The van der Waals surface area contributed by atoms with E-state index in [0.29, 0.717) is 6.54 Å². The molecule has 5 nitrogen and oxygen atoms in total. The highest BCUT2D eigenvalue weighted by Gasteiger charge is 2.10. The standard InChI is InChI=1S/C9H13N3O2/c1-4-12-8(13)6-5-7(10-12)9(14)11(2)3/h5-6H,4H2,1-3H3. The summed E-state index contributed by atoms with van der Waals surface area (Å²) in [7, 11) is 3.29. The molecule has 0 unspecified atom stereocenters. The molecule has 0 N–H and O–H groups in total. The topological polar surface area (TPSA) is 55.2 Å². The maximum Gasteiger partial charge on any atom is 0.273 e. The molecule has 1 aromatic heterocycles. The first-order valence-electron chi connectivity index (χ1n) is 4.36. The third-order valence-electron chi connectivity index (χ3n) is 1.79. The van der Waals surface area contributed by atoms with E-state index in [2.05, 4.69) is 5.10 Å². The van der Waals surface area contributed by atoms with Crippen LogP contribution in [0.4, 0.5) is 0 Å². The molecule has 0 radical (unpaired) electrons. The Labute approximate surface area is 82.0 Å². The quantitative estimate of drug-likeness (QED) is 0.665. The highest BCUT2D eigenvalue weighted by molar-refractivity contribution is 5.91. The third-order valence-corrected chi connectivity index (χ3v) is 1.79. The summed E-state index contributed by atoms with van der Waals surface area (Å²) >= 11 is 0. The smallest absolute Gasteiger partial charge is 0.273 e. The Morgan fingerprint density at radius 2 is 2.14 bits per heavy atom. The van der Waals surface area contributed by atoms with Gasteiger partial charge in [-0.25, -0.2) is 4.68 Å². The molecule has 0 aliphatic heterocycles. The minimum atomic E-state index is -0.202. The second-order valence-corrected chi connectivity index (χ2v) is 3.07. The van der Waals surface area contributed by atoms with Gasteiger partial charge in [-0.1, -0.05) is 0 Å². The van der Waals surface area contributed by atoms with Gasteiger partial charge in [0.25, 0.3) is 11.5 Å². The average molecular weight is 195 g/mol. The summed E-state index contributed by atoms with van der Waals surface area (Å²) in [6.45, 7) is 2.27. The minimum absolute atomic E-state index is 0.192. The molecule has 0 saturated carbocycles. The van der Waals surface area contributed by atoms with Crippen LogP contribution >= 0.6 is 0 Å². The number of aromatic nitrogens is 2. The van der Waals surface area contributed by atoms with Gasteiger partial charge >= 0.3 is 0 Å². The highest BCUT2D eigenvalue weighted by Crippen LogP contribution is 1.94. The summed E-state index contributed by atoms with van der Waals surface area (Å²) in [5, 5.41) is 3.92. The van der Waals surface area contributed by atoms with Crippen molar-refractivity contribution >= 4 is 5.91 Å². The molecule has 76 valence electrons. The maximum absolute atomic E-state index is 11.5. The summed E-state index contributed by atoms with van der Waals surface area (Å²) in [5.74, 6) is -0.202. The number of rotatable bonds is 2. The molecular formula is C9H13N3O2. The molecule has 0 atom stereocenters. The first kappa shape index (κ1) is 10.4. The molecule has 1 rings (SSSR count). The SMILES string of the molecule is CCn1nc(C(=O)N(C)C)ccc1=O. The van der Waals surface area contributed by atoms with Gasteiger partial charge in [0.05, 0.1) is 0 Å². The predicted molar refractivity (Wildman–Crippen MR) is 52.2 cm³/mol. The van der Waals surface area contributed by atoms with E-state index < -0.39 is 0 Å². The van der Waals surface area contributed by atoms with Crippen LogP contribution in [0.15, 0.2) is 16.9 Å². The molecule has 1 heterocycles. The van der Waals surface area contributed by atoms with E-state index in [-0.39, 0.29) is 17.2 Å². The molecule has 0 aliphatic rings. The Kier molecular flexibility index (Phi) is 3.01. The van der Waals surface area contributed by atoms with Gasteiger partial charge in [0.15, 0.2) is 0 Å². The van der Waals surface area contributed by atoms with Gasteiger partial charge in [0.1, 0.15) is 5.69 Å². The Bertz CT molecular complexity index is 395. The second-order valence-electron chi connectivity index (χ2n) is 3.07. The lowest BCUT2D eigenvalue weighted by molar-refractivity contribution is 0.0819. The normalized spacial score (nSPS) is 9.93. The molecule has 0 saturated heterocycles. The van der Waals surface area contributed by atoms with E-state index in [4.69, 9.17) is 0 Å². The van der Waals surface area contributed by atoms with Crippen LogP contribution in [-0.4, -0.2) is 34.7 Å². The predicted octanol–water partition coefficient (Wildman–Crippen LogP) is -0.0350. The Morgan fingerprint density at radius 3 is 2.64 bits per heavy atom. The zero-order valence-corrected chi connectivity index (χ0v) is 8.52. The molecule has 14 heavy (non-hydrogen) atoms. The van der Waals surface area contributed by atoms with Gasteiger partial charge in [0.2, 0.25) is 0 Å². The average Bonchev–Trinajstić information content (AvgIpc) is 2.17. The number of carbonyl (C=O) groups excluding carboxylic acids is 1. The van der Waals surface area contributed by atoms with Crippen molar-refractivity contribution < 1.29 is 4.79 Å². The van der Waals surface area contributed by atoms with Crippen molar-refractivity contribution in [3.63, 3.8) is 0 Å². The van der Waals surface area contributed by atoms with Crippen molar-refractivity contribution in [2.75, 3.05) is 14.1 Å². The van der Waals surface area contributed by atoms with E-state index in [1.807, 2.05) is 0 Å². The lowest BCUT2D eigenvalue weighted by Crippen LogP contribution is -2.28. The van der Waals surface area contributed by atoms with Crippen molar-refractivity contribution in [3.8, 4) is 0 Å². The summed E-state index contributed by atoms with van der Waals surface area (Å²) in [4.78, 5) is 24.1. The van der Waals surface area contributed by atoms with Gasteiger partial charge in [-0.15, -0.1) is 0 Å². The fourth-order valence-electron chi connectivity index (χ4n) is 1.02. The van der Waals surface area contributed by atoms with Crippen molar-refractivity contribution in [1.29, 1.82) is 0 Å². The molecule has 0 aromatic carbocycles. The van der Waals surface area contributed by atoms with E-state index in [1.165, 1.54) is 21.7 Å². The Morgan fingerprint density at radius 1 is 1.50 bits per heavy atom. The lowest BCUT2D eigenvalue weighted by atomic mass is 10.3. The second kappa shape index (κ2) is 4.04. The Balaban J connectivity index is 3.13. The van der Waals surface area contributed by atoms with Crippen LogP contribution in [0.25, 0.3) is 0 Å². The molecule has 1 amide bonds. The summed E-state index contributed by atoms with van der Waals surface area (Å²) in [6.07, 6.45) is 0. The van der Waals surface area contributed by atoms with Gasteiger partial charge in [-0.2, -0.15) is 5.10 Å². The highest BCUT2D eigenvalue weighted by atomic mass is 16.2. The third kappa shape index (κ3) is 1.99. The first-order chi connectivity index (χ1) is 6.56. The largest absolute Gasteiger partial charge is 0.343 e. The summed E-state index contributed by atoms with van der Waals surface area (Å²) in [6, 6.07) is 2.80. The molecule has 5 heteroatoms. The van der Waals surface area contributed by atoms with E-state index in [9.17, 15) is 9.59 Å². The first-order valence-corrected chi connectivity index (χ1v) is 4.36. The number of nitrogens with zero attached hydrogens (tertiary/aromatic N) is 3. The van der Waals surface area contributed by atoms with Crippen molar-refractivity contribution in [1.82, 2.24) is 14.7 Å². The Hall–Kier alpha value is -1.65. The van der Waals surface area contributed by atoms with E-state index >= 15 is 0 Å². The van der Waals surface area contributed by atoms with Crippen LogP contribution in [0.3, 0.4) is 0 Å². The number of aryl methyl sites for hydroxylation is 1. The van der Waals surface area contributed by atoms with Gasteiger partial charge in [0, 0.05) is 26.7 Å². The maximum atomic E-state index is 11.5. The number of hydrogen-bond acceptors (Lipinski definition) is 3. The van der Waals surface area contributed by atoms with Crippen LogP contribution < -0.4 is 5.56 Å².